The average Bonchev–Trinajstić information content (AvgIpc) is 3.01. The maximum atomic E-state index is 14.5. The number of urea groups is 1. The van der Waals surface area contributed by atoms with E-state index in [2.05, 4.69) is 10.6 Å². The number of nitrogens with zero attached hydrogens (tertiary/aromatic N) is 2. The molecule has 1 aromatic rings. The van der Waals surface area contributed by atoms with Crippen LogP contribution in [0.5, 0.6) is 0 Å². The van der Waals surface area contributed by atoms with Gasteiger partial charge in [-0.05, 0) is 43.6 Å². The van der Waals surface area contributed by atoms with E-state index in [0.29, 0.717) is 31.2 Å². The molecule has 0 bridgehead atoms. The SMILES string of the molecule is CCC[C@H](NC(=O)[C@H](Cc1ccccc1)N(C(=O)NCC)[NH+]([O-])[C@H](C=NCC1CCCCC1)CC1CCCCC1)C(=O)O. The van der Waals surface area contributed by atoms with Gasteiger partial charge in [0.05, 0.1) is 6.21 Å². The van der Waals surface area contributed by atoms with Gasteiger partial charge >= 0.3 is 12.0 Å². The van der Waals surface area contributed by atoms with Gasteiger partial charge in [0.15, 0.2) is 6.04 Å². The Balaban J connectivity index is 1.96. The highest BCUT2D eigenvalue weighted by atomic mass is 16.6. The highest BCUT2D eigenvalue weighted by Crippen LogP contribution is 2.27. The van der Waals surface area contributed by atoms with Crippen molar-refractivity contribution in [3.63, 3.8) is 0 Å². The van der Waals surface area contributed by atoms with Gasteiger partial charge in [-0.25, -0.2) is 9.59 Å². The molecule has 0 radical (unpaired) electrons. The van der Waals surface area contributed by atoms with Gasteiger partial charge in [-0.3, -0.25) is 15.0 Å². The zero-order valence-corrected chi connectivity index (χ0v) is 26.1. The first-order valence-electron chi connectivity index (χ1n) is 16.5. The fraction of sp³-hybridized carbons (Fsp3) is 0.697. The summed E-state index contributed by atoms with van der Waals surface area (Å²) in [6.45, 7) is 4.55. The number of nitrogens with one attached hydrogen (secondary N) is 3. The molecule has 1 aromatic carbocycles. The van der Waals surface area contributed by atoms with E-state index in [4.69, 9.17) is 4.99 Å². The maximum absolute atomic E-state index is 14.5. The van der Waals surface area contributed by atoms with Crippen molar-refractivity contribution in [1.82, 2.24) is 15.6 Å². The standard InChI is InChI=1S/C33H53N5O5/c1-3-14-29(32(40)41)36-31(39)30(22-26-17-10-6-11-18-26)37(33(42)35-4-2)38(43)28(21-25-15-8-5-9-16-25)24-34-23-27-19-12-7-13-20-27/h6,10-11,17-18,24-25,27-30,38H,3-5,7-9,12-16,19-23H2,1-2H3,(H,35,42)(H,36,39)(H,40,41)/t28-,29-,30-/m0/s1. The Morgan fingerprint density at radius 3 is 2.23 bits per heavy atom. The molecule has 3 amide bonds. The Morgan fingerprint density at radius 1 is 1.02 bits per heavy atom. The molecule has 0 saturated heterocycles. The number of rotatable bonds is 16. The van der Waals surface area contributed by atoms with Crippen LogP contribution >= 0.6 is 0 Å². The molecule has 0 heterocycles. The average molecular weight is 600 g/mol. The van der Waals surface area contributed by atoms with Gasteiger partial charge in [0.2, 0.25) is 5.91 Å². The minimum absolute atomic E-state index is 0.0728. The number of aliphatic carboxylic acids is 1. The molecule has 2 aliphatic rings. The van der Waals surface area contributed by atoms with Crippen LogP contribution < -0.4 is 15.8 Å². The molecule has 0 aliphatic heterocycles. The van der Waals surface area contributed by atoms with Crippen molar-refractivity contribution in [3.05, 3.63) is 41.1 Å². The molecular formula is C33H53N5O5. The van der Waals surface area contributed by atoms with Crippen molar-refractivity contribution in [1.29, 1.82) is 0 Å². The highest BCUT2D eigenvalue weighted by Gasteiger charge is 2.39. The van der Waals surface area contributed by atoms with Crippen molar-refractivity contribution in [2.75, 3.05) is 13.1 Å². The molecule has 1 unspecified atom stereocenters. The number of hydrogen-bond donors (Lipinski definition) is 4. The Bertz CT molecular complexity index is 1010. The van der Waals surface area contributed by atoms with Crippen LogP contribution in [0.15, 0.2) is 35.3 Å². The van der Waals surface area contributed by atoms with Gasteiger partial charge in [0.1, 0.15) is 12.1 Å². The number of benzene rings is 1. The summed E-state index contributed by atoms with van der Waals surface area (Å²) in [6.07, 6.45) is 14.7. The zero-order valence-electron chi connectivity index (χ0n) is 26.1. The van der Waals surface area contributed by atoms with E-state index in [-0.39, 0.29) is 19.4 Å². The van der Waals surface area contributed by atoms with Gasteiger partial charge in [0, 0.05) is 25.9 Å². The minimum Gasteiger partial charge on any atom is -0.607 e. The van der Waals surface area contributed by atoms with E-state index >= 15 is 0 Å². The summed E-state index contributed by atoms with van der Waals surface area (Å²) in [5, 5.41) is 30.2. The predicted octanol–water partition coefficient (Wildman–Crippen LogP) is 4.29. The molecule has 2 fully saturated rings. The maximum Gasteiger partial charge on any atom is 0.362 e. The first-order chi connectivity index (χ1) is 20.8. The van der Waals surface area contributed by atoms with Crippen LogP contribution in [0.4, 0.5) is 4.79 Å². The monoisotopic (exact) mass is 599 g/mol. The van der Waals surface area contributed by atoms with E-state index in [1.54, 1.807) is 13.1 Å². The summed E-state index contributed by atoms with van der Waals surface area (Å²) in [5.41, 5.74) is 0.766. The summed E-state index contributed by atoms with van der Waals surface area (Å²) >= 11 is 0. The summed E-state index contributed by atoms with van der Waals surface area (Å²) in [4.78, 5) is 44.2. The van der Waals surface area contributed by atoms with Crippen LogP contribution in [0.25, 0.3) is 0 Å². The van der Waals surface area contributed by atoms with E-state index < -0.39 is 41.2 Å². The fourth-order valence-corrected chi connectivity index (χ4v) is 6.48. The van der Waals surface area contributed by atoms with Crippen LogP contribution in [0.3, 0.4) is 0 Å². The van der Waals surface area contributed by atoms with Gasteiger partial charge < -0.3 is 20.9 Å². The second-order valence-corrected chi connectivity index (χ2v) is 12.3. The van der Waals surface area contributed by atoms with Gasteiger partial charge in [-0.1, -0.05) is 95.0 Å². The summed E-state index contributed by atoms with van der Waals surface area (Å²) in [6, 6.07) is 5.58. The van der Waals surface area contributed by atoms with E-state index in [1.807, 2.05) is 37.3 Å². The summed E-state index contributed by atoms with van der Waals surface area (Å²) in [5.74, 6) is -0.935. The van der Waals surface area contributed by atoms with Crippen molar-refractivity contribution < 1.29 is 24.7 Å². The van der Waals surface area contributed by atoms with Crippen molar-refractivity contribution in [2.45, 2.75) is 122 Å². The topological polar surface area (TPSA) is 139 Å². The molecule has 0 spiro atoms. The molecule has 4 N–H and O–H groups in total. The number of carboxylic acid groups (broad SMARTS) is 1. The lowest BCUT2D eigenvalue weighted by molar-refractivity contribution is -0.974. The van der Waals surface area contributed by atoms with Crippen LogP contribution in [-0.2, 0) is 16.0 Å². The second-order valence-electron chi connectivity index (χ2n) is 12.3. The Hall–Kier alpha value is -2.98. The number of aliphatic imine (C=N–C) groups is 1. The lowest BCUT2D eigenvalue weighted by atomic mass is 9.85. The van der Waals surface area contributed by atoms with E-state index in [1.165, 1.54) is 25.7 Å². The molecule has 2 saturated carbocycles. The molecule has 10 nitrogen and oxygen atoms in total. The molecule has 240 valence electrons. The number of amides is 3. The molecule has 4 atom stereocenters. The largest absolute Gasteiger partial charge is 0.607 e. The fourth-order valence-electron chi connectivity index (χ4n) is 6.48. The first kappa shape index (κ1) is 34.5. The molecule has 43 heavy (non-hydrogen) atoms. The lowest BCUT2D eigenvalue weighted by Crippen LogP contribution is -3.20. The minimum atomic E-state index is -1.22. The van der Waals surface area contributed by atoms with Crippen molar-refractivity contribution in [3.8, 4) is 0 Å². The quantitative estimate of drug-likeness (QED) is 0.166. The Kier molecular flexibility index (Phi) is 15.0. The Morgan fingerprint density at radius 2 is 1.65 bits per heavy atom. The molecule has 2 aliphatic carbocycles. The van der Waals surface area contributed by atoms with Crippen molar-refractivity contribution >= 4 is 24.1 Å². The van der Waals surface area contributed by atoms with E-state index in [9.17, 15) is 24.7 Å². The van der Waals surface area contributed by atoms with Gasteiger partial charge in [-0.2, -0.15) is 5.01 Å². The molecule has 3 rings (SSSR count). The number of hydroxylamine groups is 1. The number of carbonyl (C=O) groups excluding carboxylic acids is 2. The predicted molar refractivity (Wildman–Crippen MR) is 169 cm³/mol. The molecular weight excluding hydrogens is 546 g/mol. The highest BCUT2D eigenvalue weighted by molar-refractivity contribution is 5.90. The second kappa shape index (κ2) is 18.6. The smallest absolute Gasteiger partial charge is 0.362 e. The summed E-state index contributed by atoms with van der Waals surface area (Å²) < 4.78 is 0. The third-order valence-electron chi connectivity index (χ3n) is 8.87. The number of quaternary nitrogens is 1. The number of carboxylic acids is 1. The first-order valence-corrected chi connectivity index (χ1v) is 16.5. The van der Waals surface area contributed by atoms with Crippen LogP contribution in [-0.4, -0.2) is 65.5 Å². The van der Waals surface area contributed by atoms with Crippen LogP contribution in [0, 0.1) is 17.0 Å². The Labute approximate surface area is 257 Å². The van der Waals surface area contributed by atoms with Crippen LogP contribution in [0.2, 0.25) is 0 Å². The number of carbonyl (C=O) groups is 3. The normalized spacial score (nSPS) is 19.3. The van der Waals surface area contributed by atoms with Gasteiger partial charge in [-0.15, -0.1) is 0 Å². The summed E-state index contributed by atoms with van der Waals surface area (Å²) in [7, 11) is 0. The molecule has 0 aromatic heterocycles. The zero-order chi connectivity index (χ0) is 31.0. The third-order valence-corrected chi connectivity index (χ3v) is 8.87. The number of hydrogen-bond acceptors (Lipinski definition) is 5. The van der Waals surface area contributed by atoms with E-state index in [0.717, 1.165) is 49.1 Å². The molecule has 10 heteroatoms. The van der Waals surface area contributed by atoms with Crippen molar-refractivity contribution in [2.24, 2.45) is 16.8 Å². The van der Waals surface area contributed by atoms with Crippen LogP contribution in [0.1, 0.15) is 103 Å². The van der Waals surface area contributed by atoms with Gasteiger partial charge in [0.25, 0.3) is 0 Å². The lowest BCUT2D eigenvalue weighted by Gasteiger charge is -2.42. The third kappa shape index (κ3) is 11.2.